The molecule has 1 heterocycles. The SMILES string of the molecule is Cc1cc(C(=O)N2CCCCCC2C)ccc1Br. The van der Waals surface area contributed by atoms with Crippen LogP contribution in [0.2, 0.25) is 0 Å². The van der Waals surface area contributed by atoms with Crippen LogP contribution in [0.3, 0.4) is 0 Å². The van der Waals surface area contributed by atoms with Crippen LogP contribution in [0.25, 0.3) is 0 Å². The molecule has 2 rings (SSSR count). The lowest BCUT2D eigenvalue weighted by molar-refractivity contribution is 0.0698. The van der Waals surface area contributed by atoms with Crippen LogP contribution >= 0.6 is 15.9 Å². The summed E-state index contributed by atoms with van der Waals surface area (Å²) in [6.45, 7) is 5.08. The maximum Gasteiger partial charge on any atom is 0.254 e. The smallest absolute Gasteiger partial charge is 0.254 e. The molecule has 1 aliphatic heterocycles. The number of carbonyl (C=O) groups excluding carboxylic acids is 1. The first kappa shape index (κ1) is 13.6. The third kappa shape index (κ3) is 2.94. The maximum absolute atomic E-state index is 12.5. The summed E-state index contributed by atoms with van der Waals surface area (Å²) in [5, 5.41) is 0. The summed E-state index contributed by atoms with van der Waals surface area (Å²) in [6.07, 6.45) is 4.74. The fraction of sp³-hybridized carbons (Fsp3) is 0.533. The first-order chi connectivity index (χ1) is 8.59. The third-order valence-corrected chi connectivity index (χ3v) is 4.61. The molecule has 2 nitrogen and oxygen atoms in total. The van der Waals surface area contributed by atoms with E-state index in [1.165, 1.54) is 12.8 Å². The minimum absolute atomic E-state index is 0.181. The Bertz CT molecular complexity index is 444. The summed E-state index contributed by atoms with van der Waals surface area (Å²) >= 11 is 3.47. The summed E-state index contributed by atoms with van der Waals surface area (Å²) in [5.74, 6) is 0.181. The molecular formula is C15H20BrNO. The van der Waals surface area contributed by atoms with Crippen LogP contribution in [0, 0.1) is 6.92 Å². The molecule has 0 saturated carbocycles. The normalized spacial score (nSPS) is 20.6. The van der Waals surface area contributed by atoms with Gasteiger partial charge in [-0.25, -0.2) is 0 Å². The minimum Gasteiger partial charge on any atom is -0.336 e. The Labute approximate surface area is 117 Å². The highest BCUT2D eigenvalue weighted by atomic mass is 79.9. The Hall–Kier alpha value is -0.830. The number of nitrogens with zero attached hydrogens (tertiary/aromatic N) is 1. The Morgan fingerprint density at radius 1 is 1.33 bits per heavy atom. The fourth-order valence-electron chi connectivity index (χ4n) is 2.52. The molecule has 1 saturated heterocycles. The van der Waals surface area contributed by atoms with Crippen LogP contribution in [0.1, 0.15) is 48.5 Å². The average molecular weight is 310 g/mol. The molecular weight excluding hydrogens is 290 g/mol. The van der Waals surface area contributed by atoms with E-state index in [0.717, 1.165) is 35.0 Å². The fourth-order valence-corrected chi connectivity index (χ4v) is 2.77. The van der Waals surface area contributed by atoms with E-state index in [2.05, 4.69) is 22.9 Å². The van der Waals surface area contributed by atoms with Crippen molar-refractivity contribution in [2.45, 2.75) is 45.6 Å². The molecule has 1 aliphatic rings. The lowest BCUT2D eigenvalue weighted by Crippen LogP contribution is -2.38. The molecule has 0 bridgehead atoms. The number of carbonyl (C=O) groups is 1. The zero-order valence-electron chi connectivity index (χ0n) is 11.1. The number of aryl methyl sites for hydroxylation is 1. The topological polar surface area (TPSA) is 20.3 Å². The van der Waals surface area contributed by atoms with Crippen molar-refractivity contribution in [3.63, 3.8) is 0 Å². The first-order valence-electron chi connectivity index (χ1n) is 6.66. The number of halogens is 1. The lowest BCUT2D eigenvalue weighted by Gasteiger charge is -2.27. The van der Waals surface area contributed by atoms with Gasteiger partial charge in [-0.2, -0.15) is 0 Å². The molecule has 1 fully saturated rings. The Morgan fingerprint density at radius 3 is 2.83 bits per heavy atom. The monoisotopic (exact) mass is 309 g/mol. The molecule has 18 heavy (non-hydrogen) atoms. The van der Waals surface area contributed by atoms with Gasteiger partial charge in [0.15, 0.2) is 0 Å². The van der Waals surface area contributed by atoms with E-state index in [1.807, 2.05) is 30.0 Å². The van der Waals surface area contributed by atoms with Crippen molar-refractivity contribution in [3.05, 3.63) is 33.8 Å². The van der Waals surface area contributed by atoms with Crippen LogP contribution in [0.5, 0.6) is 0 Å². The highest BCUT2D eigenvalue weighted by molar-refractivity contribution is 9.10. The van der Waals surface area contributed by atoms with Crippen molar-refractivity contribution in [1.29, 1.82) is 0 Å². The minimum atomic E-state index is 0.181. The molecule has 1 amide bonds. The zero-order valence-corrected chi connectivity index (χ0v) is 12.7. The number of likely N-dealkylation sites (tertiary alicyclic amines) is 1. The Balaban J connectivity index is 2.21. The average Bonchev–Trinajstić information content (AvgIpc) is 2.56. The van der Waals surface area contributed by atoms with E-state index in [4.69, 9.17) is 0 Å². The second-order valence-electron chi connectivity index (χ2n) is 5.16. The number of hydrogen-bond acceptors (Lipinski definition) is 1. The van der Waals surface area contributed by atoms with Gasteiger partial charge in [-0.3, -0.25) is 4.79 Å². The van der Waals surface area contributed by atoms with Gasteiger partial charge in [0, 0.05) is 22.6 Å². The van der Waals surface area contributed by atoms with E-state index < -0.39 is 0 Å². The second kappa shape index (κ2) is 5.87. The molecule has 98 valence electrons. The highest BCUT2D eigenvalue weighted by Crippen LogP contribution is 2.22. The highest BCUT2D eigenvalue weighted by Gasteiger charge is 2.23. The van der Waals surface area contributed by atoms with Crippen LogP contribution < -0.4 is 0 Å². The molecule has 0 spiro atoms. The number of amides is 1. The summed E-state index contributed by atoms with van der Waals surface area (Å²) in [7, 11) is 0. The Kier molecular flexibility index (Phi) is 4.44. The zero-order chi connectivity index (χ0) is 13.1. The van der Waals surface area contributed by atoms with E-state index in [1.54, 1.807) is 0 Å². The molecule has 3 heteroatoms. The van der Waals surface area contributed by atoms with Gasteiger partial charge in [-0.1, -0.05) is 28.8 Å². The van der Waals surface area contributed by atoms with Gasteiger partial charge in [0.1, 0.15) is 0 Å². The van der Waals surface area contributed by atoms with Crippen molar-refractivity contribution >= 4 is 21.8 Å². The van der Waals surface area contributed by atoms with Crippen molar-refractivity contribution in [1.82, 2.24) is 4.90 Å². The van der Waals surface area contributed by atoms with Crippen molar-refractivity contribution in [2.24, 2.45) is 0 Å². The van der Waals surface area contributed by atoms with E-state index in [9.17, 15) is 4.79 Å². The largest absolute Gasteiger partial charge is 0.336 e. The summed E-state index contributed by atoms with van der Waals surface area (Å²) in [5.41, 5.74) is 1.92. The van der Waals surface area contributed by atoms with Crippen molar-refractivity contribution < 1.29 is 4.79 Å². The number of benzene rings is 1. The molecule has 0 N–H and O–H groups in total. The first-order valence-corrected chi connectivity index (χ1v) is 7.46. The van der Waals surface area contributed by atoms with Crippen LogP contribution in [-0.4, -0.2) is 23.4 Å². The molecule has 1 atom stereocenters. The van der Waals surface area contributed by atoms with Crippen LogP contribution in [-0.2, 0) is 0 Å². The van der Waals surface area contributed by atoms with Gasteiger partial charge in [-0.05, 0) is 50.5 Å². The predicted octanol–water partition coefficient (Wildman–Crippen LogP) is 4.16. The molecule has 1 unspecified atom stereocenters. The molecule has 1 aromatic rings. The van der Waals surface area contributed by atoms with Gasteiger partial charge >= 0.3 is 0 Å². The van der Waals surface area contributed by atoms with Gasteiger partial charge < -0.3 is 4.90 Å². The van der Waals surface area contributed by atoms with Gasteiger partial charge in [0.05, 0.1) is 0 Å². The van der Waals surface area contributed by atoms with Crippen LogP contribution in [0.15, 0.2) is 22.7 Å². The lowest BCUT2D eigenvalue weighted by atomic mass is 10.1. The summed E-state index contributed by atoms with van der Waals surface area (Å²) in [6, 6.07) is 6.22. The quantitative estimate of drug-likeness (QED) is 0.762. The molecule has 0 aromatic heterocycles. The third-order valence-electron chi connectivity index (χ3n) is 3.72. The standard InChI is InChI=1S/C15H20BrNO/c1-11-10-13(7-8-14(11)16)15(18)17-9-5-3-4-6-12(17)2/h7-8,10,12H,3-6,9H2,1-2H3. The van der Waals surface area contributed by atoms with Gasteiger partial charge in [0.2, 0.25) is 0 Å². The number of rotatable bonds is 1. The van der Waals surface area contributed by atoms with Crippen molar-refractivity contribution in [3.8, 4) is 0 Å². The molecule has 0 aliphatic carbocycles. The molecule has 0 radical (unpaired) electrons. The van der Waals surface area contributed by atoms with Crippen molar-refractivity contribution in [2.75, 3.05) is 6.54 Å². The number of hydrogen-bond donors (Lipinski definition) is 0. The molecule has 1 aromatic carbocycles. The predicted molar refractivity (Wildman–Crippen MR) is 77.8 cm³/mol. The second-order valence-corrected chi connectivity index (χ2v) is 6.02. The van der Waals surface area contributed by atoms with Gasteiger partial charge in [0.25, 0.3) is 5.91 Å². The Morgan fingerprint density at radius 2 is 2.11 bits per heavy atom. The van der Waals surface area contributed by atoms with Crippen LogP contribution in [0.4, 0.5) is 0 Å². The summed E-state index contributed by atoms with van der Waals surface area (Å²) < 4.78 is 1.06. The van der Waals surface area contributed by atoms with E-state index in [0.29, 0.717) is 6.04 Å². The van der Waals surface area contributed by atoms with E-state index in [-0.39, 0.29) is 5.91 Å². The van der Waals surface area contributed by atoms with Gasteiger partial charge in [-0.15, -0.1) is 0 Å². The maximum atomic E-state index is 12.5. The summed E-state index contributed by atoms with van der Waals surface area (Å²) in [4.78, 5) is 14.6. The van der Waals surface area contributed by atoms with E-state index >= 15 is 0 Å².